The molecule has 2 rings (SSSR count). The summed E-state index contributed by atoms with van der Waals surface area (Å²) in [6.07, 6.45) is 6.96. The van der Waals surface area contributed by atoms with Crippen LogP contribution in [0.25, 0.3) is 0 Å². The van der Waals surface area contributed by atoms with Gasteiger partial charge in [0.25, 0.3) is 0 Å². The normalized spacial score (nSPS) is 35.7. The molecule has 1 unspecified atom stereocenters. The number of ether oxygens (including phenoxy) is 1. The van der Waals surface area contributed by atoms with Crippen LogP contribution in [0, 0.1) is 17.2 Å². The van der Waals surface area contributed by atoms with Crippen molar-refractivity contribution in [3.05, 3.63) is 12.3 Å². The fraction of sp³-hybridized carbons (Fsp3) is 0.727. The Morgan fingerprint density at radius 3 is 2.93 bits per heavy atom. The molecule has 4 heteroatoms. The lowest BCUT2D eigenvalue weighted by Crippen LogP contribution is -2.57. The first-order valence-electron chi connectivity index (χ1n) is 5.39. The first kappa shape index (κ1) is 10.5. The molecule has 0 N–H and O–H groups in total. The number of hydrogen-bond donors (Lipinski definition) is 0. The fourth-order valence-electron chi connectivity index (χ4n) is 2.44. The number of rotatable bonds is 1. The predicted molar refractivity (Wildman–Crippen MR) is 56.3 cm³/mol. The zero-order chi connectivity index (χ0) is 10.8. The zero-order valence-corrected chi connectivity index (χ0v) is 9.26. The zero-order valence-electron chi connectivity index (χ0n) is 9.26. The number of fused-ring (bicyclic) bond motifs is 1. The Labute approximate surface area is 90.7 Å². The van der Waals surface area contributed by atoms with Gasteiger partial charge in [-0.3, -0.25) is 0 Å². The molecule has 0 radical (unpaired) electrons. The second-order valence-electron chi connectivity index (χ2n) is 4.34. The third-order valence-electron chi connectivity index (χ3n) is 3.16. The summed E-state index contributed by atoms with van der Waals surface area (Å²) < 4.78 is 5.64. The van der Waals surface area contributed by atoms with E-state index < -0.39 is 0 Å². The highest BCUT2D eigenvalue weighted by Gasteiger charge is 2.40. The number of piperidine rings is 1. The van der Waals surface area contributed by atoms with Gasteiger partial charge in [0, 0.05) is 20.0 Å². The van der Waals surface area contributed by atoms with Crippen LogP contribution in [0.15, 0.2) is 12.3 Å². The van der Waals surface area contributed by atoms with E-state index in [-0.39, 0.29) is 12.3 Å². The van der Waals surface area contributed by atoms with Crippen LogP contribution < -0.4 is 0 Å². The van der Waals surface area contributed by atoms with Crippen molar-refractivity contribution in [2.45, 2.75) is 31.5 Å². The summed E-state index contributed by atoms with van der Waals surface area (Å²) in [4.78, 5) is 0. The van der Waals surface area contributed by atoms with Gasteiger partial charge >= 0.3 is 0 Å². The summed E-state index contributed by atoms with van der Waals surface area (Å²) in [6.45, 7) is 0. The number of allylic oxidation sites excluding steroid dienone is 1. The molecule has 0 aromatic rings. The maximum absolute atomic E-state index is 9.11. The Kier molecular flexibility index (Phi) is 2.94. The molecule has 82 valence electrons. The van der Waals surface area contributed by atoms with E-state index >= 15 is 0 Å². The van der Waals surface area contributed by atoms with Crippen molar-refractivity contribution in [2.75, 3.05) is 14.1 Å². The number of nitriles is 1. The van der Waals surface area contributed by atoms with Crippen LogP contribution in [0.5, 0.6) is 0 Å². The third kappa shape index (κ3) is 1.85. The first-order valence-corrected chi connectivity index (χ1v) is 5.39. The molecule has 0 saturated carbocycles. The highest BCUT2D eigenvalue weighted by atomic mass is 16.5. The molecular weight excluding hydrogens is 190 g/mol. The van der Waals surface area contributed by atoms with Gasteiger partial charge in [-0.25, -0.2) is 5.01 Å². The molecule has 2 aliphatic rings. The van der Waals surface area contributed by atoms with Crippen molar-refractivity contribution in [1.82, 2.24) is 10.0 Å². The summed E-state index contributed by atoms with van der Waals surface area (Å²) in [5.74, 6) is 0.530. The van der Waals surface area contributed by atoms with Gasteiger partial charge in [0.1, 0.15) is 6.04 Å². The fourth-order valence-corrected chi connectivity index (χ4v) is 2.44. The summed E-state index contributed by atoms with van der Waals surface area (Å²) in [6, 6.07) is 2.30. The quantitative estimate of drug-likeness (QED) is 0.650. The average molecular weight is 207 g/mol. The smallest absolute Gasteiger partial charge is 0.168 e. The molecular formula is C11H17N3O. The molecule has 3 atom stereocenters. The predicted octanol–water partition coefficient (Wildman–Crippen LogP) is 1.33. The summed E-state index contributed by atoms with van der Waals surface area (Å²) in [5.41, 5.74) is 0. The van der Waals surface area contributed by atoms with Gasteiger partial charge in [-0.05, 0) is 25.3 Å². The monoisotopic (exact) mass is 207 g/mol. The number of hydrazine groups is 1. The number of hydrogen-bond acceptors (Lipinski definition) is 4. The van der Waals surface area contributed by atoms with Crippen LogP contribution in [-0.2, 0) is 4.74 Å². The minimum atomic E-state index is -0.0484. The van der Waals surface area contributed by atoms with Crippen LogP contribution in [0.4, 0.5) is 0 Å². The molecule has 0 aromatic heterocycles. The van der Waals surface area contributed by atoms with Crippen molar-refractivity contribution in [3.8, 4) is 6.07 Å². The van der Waals surface area contributed by atoms with E-state index in [1.165, 1.54) is 0 Å². The lowest BCUT2D eigenvalue weighted by atomic mass is 9.89. The van der Waals surface area contributed by atoms with E-state index in [2.05, 4.69) is 17.2 Å². The molecule has 0 spiro atoms. The van der Waals surface area contributed by atoms with E-state index in [0.29, 0.717) is 5.92 Å². The van der Waals surface area contributed by atoms with Crippen molar-refractivity contribution in [3.63, 3.8) is 0 Å². The van der Waals surface area contributed by atoms with Gasteiger partial charge < -0.3 is 4.74 Å². The molecule has 0 aromatic carbocycles. The molecule has 0 bridgehead atoms. The summed E-state index contributed by atoms with van der Waals surface area (Å²) >= 11 is 0. The standard InChI is InChI=1S/C11H17N3O/c1-13(2)14-10(8-12)6-5-9-4-3-7-15-11(9)14/h3,7,9-11H,4-6H2,1-2H3/t9-,10?,11-/m0/s1. The van der Waals surface area contributed by atoms with E-state index in [4.69, 9.17) is 10.00 Å². The van der Waals surface area contributed by atoms with E-state index in [1.807, 2.05) is 19.1 Å². The molecule has 15 heavy (non-hydrogen) atoms. The first-order chi connectivity index (χ1) is 7.24. The van der Waals surface area contributed by atoms with E-state index in [1.54, 1.807) is 6.26 Å². The second-order valence-corrected chi connectivity index (χ2v) is 4.34. The van der Waals surface area contributed by atoms with Crippen LogP contribution >= 0.6 is 0 Å². The minimum absolute atomic E-state index is 0.0448. The molecule has 2 aliphatic heterocycles. The summed E-state index contributed by atoms with van der Waals surface area (Å²) in [7, 11) is 3.93. The Bertz CT molecular complexity index is 295. The molecule has 0 amide bonds. The maximum atomic E-state index is 9.11. The van der Waals surface area contributed by atoms with Gasteiger partial charge in [-0.1, -0.05) is 0 Å². The van der Waals surface area contributed by atoms with Crippen molar-refractivity contribution >= 4 is 0 Å². The van der Waals surface area contributed by atoms with Crippen LogP contribution in [0.2, 0.25) is 0 Å². The van der Waals surface area contributed by atoms with Gasteiger partial charge in [0.15, 0.2) is 6.23 Å². The second kappa shape index (κ2) is 4.21. The Morgan fingerprint density at radius 1 is 1.47 bits per heavy atom. The highest BCUT2D eigenvalue weighted by molar-refractivity contribution is 5.00. The average Bonchev–Trinajstić information content (AvgIpc) is 2.27. The Balaban J connectivity index is 2.19. The molecule has 1 saturated heterocycles. The van der Waals surface area contributed by atoms with Gasteiger partial charge in [0.05, 0.1) is 12.3 Å². The lowest BCUT2D eigenvalue weighted by molar-refractivity contribution is -0.184. The highest BCUT2D eigenvalue weighted by Crippen LogP contribution is 2.33. The molecule has 4 nitrogen and oxygen atoms in total. The molecule has 2 heterocycles. The van der Waals surface area contributed by atoms with Crippen molar-refractivity contribution in [1.29, 1.82) is 5.26 Å². The van der Waals surface area contributed by atoms with Crippen LogP contribution in [0.1, 0.15) is 19.3 Å². The lowest BCUT2D eigenvalue weighted by Gasteiger charge is -2.46. The molecule has 0 aliphatic carbocycles. The minimum Gasteiger partial charge on any atom is -0.481 e. The van der Waals surface area contributed by atoms with Crippen LogP contribution in [0.3, 0.4) is 0 Å². The molecule has 1 fully saturated rings. The van der Waals surface area contributed by atoms with E-state index in [9.17, 15) is 0 Å². The van der Waals surface area contributed by atoms with Crippen LogP contribution in [-0.4, -0.2) is 36.4 Å². The number of nitrogens with zero attached hydrogens (tertiary/aromatic N) is 3. The van der Waals surface area contributed by atoms with Gasteiger partial charge in [0.2, 0.25) is 0 Å². The topological polar surface area (TPSA) is 39.5 Å². The largest absolute Gasteiger partial charge is 0.481 e. The van der Waals surface area contributed by atoms with Crippen molar-refractivity contribution < 1.29 is 4.74 Å². The third-order valence-corrected chi connectivity index (χ3v) is 3.16. The Hall–Kier alpha value is -1.05. The maximum Gasteiger partial charge on any atom is 0.168 e. The van der Waals surface area contributed by atoms with Gasteiger partial charge in [-0.2, -0.15) is 10.3 Å². The Morgan fingerprint density at radius 2 is 2.27 bits per heavy atom. The van der Waals surface area contributed by atoms with E-state index in [0.717, 1.165) is 19.3 Å². The van der Waals surface area contributed by atoms with Crippen molar-refractivity contribution in [2.24, 2.45) is 5.92 Å². The van der Waals surface area contributed by atoms with Gasteiger partial charge in [-0.15, -0.1) is 0 Å². The SMILES string of the molecule is CN(C)N1C(C#N)CC[C@@H]2CC=CO[C@@H]21. The summed E-state index contributed by atoms with van der Waals surface area (Å²) in [5, 5.41) is 13.1.